The molecule has 1 aromatic rings. The summed E-state index contributed by atoms with van der Waals surface area (Å²) in [5, 5.41) is 11.4. The Balaban J connectivity index is 3.23. The average Bonchev–Trinajstić information content (AvgIpc) is 2.53. The summed E-state index contributed by atoms with van der Waals surface area (Å²) in [5.41, 5.74) is -0.426. The Morgan fingerprint density at radius 1 is 1.09 bits per heavy atom. The van der Waals surface area contributed by atoms with Crippen molar-refractivity contribution >= 4 is 29.3 Å². The zero-order chi connectivity index (χ0) is 17.6. The number of ether oxygens (including phenoxy) is 2. The lowest BCUT2D eigenvalue weighted by molar-refractivity contribution is -0.383. The molecule has 0 aromatic carbocycles. The third-order valence-corrected chi connectivity index (χ3v) is 2.88. The van der Waals surface area contributed by atoms with Crippen molar-refractivity contribution in [1.29, 1.82) is 0 Å². The molecule has 1 heterocycles. The highest BCUT2D eigenvalue weighted by molar-refractivity contribution is 5.81. The minimum Gasteiger partial charge on any atom is -0.468 e. The molecule has 23 heavy (non-hydrogen) atoms. The Bertz CT molecular complexity index is 565. The molecule has 1 aromatic heterocycles. The summed E-state index contributed by atoms with van der Waals surface area (Å²) < 4.78 is 9.04. The van der Waals surface area contributed by atoms with Crippen LogP contribution < -0.4 is 9.80 Å². The van der Waals surface area contributed by atoms with Gasteiger partial charge < -0.3 is 19.3 Å². The van der Waals surface area contributed by atoms with Gasteiger partial charge in [0.2, 0.25) is 11.6 Å². The van der Waals surface area contributed by atoms with Crippen molar-refractivity contribution in [2.45, 2.75) is 0 Å². The average molecular weight is 327 g/mol. The van der Waals surface area contributed by atoms with Crippen LogP contribution in [-0.4, -0.2) is 68.2 Å². The van der Waals surface area contributed by atoms with E-state index in [4.69, 9.17) is 0 Å². The van der Waals surface area contributed by atoms with Crippen LogP contribution in [0.15, 0.2) is 6.33 Å². The fourth-order valence-electron chi connectivity index (χ4n) is 1.75. The van der Waals surface area contributed by atoms with Crippen LogP contribution in [0.1, 0.15) is 0 Å². The van der Waals surface area contributed by atoms with Crippen molar-refractivity contribution < 1.29 is 24.0 Å². The van der Waals surface area contributed by atoms with Crippen molar-refractivity contribution in [3.05, 3.63) is 16.4 Å². The second-order valence-corrected chi connectivity index (χ2v) is 4.49. The summed E-state index contributed by atoms with van der Waals surface area (Å²) >= 11 is 0. The second kappa shape index (κ2) is 7.87. The van der Waals surface area contributed by atoms with Crippen LogP contribution >= 0.6 is 0 Å². The molecule has 0 aliphatic heterocycles. The topological polar surface area (TPSA) is 128 Å². The summed E-state index contributed by atoms with van der Waals surface area (Å²) in [4.78, 5) is 43.6. The Morgan fingerprint density at radius 2 is 1.48 bits per heavy atom. The quantitative estimate of drug-likeness (QED) is 0.370. The van der Waals surface area contributed by atoms with E-state index in [9.17, 15) is 19.7 Å². The number of nitrogens with zero attached hydrogens (tertiary/aromatic N) is 5. The number of rotatable bonds is 7. The maximum Gasteiger partial charge on any atom is 0.353 e. The predicted octanol–water partition coefficient (Wildman–Crippen LogP) is -0.397. The van der Waals surface area contributed by atoms with Crippen molar-refractivity contribution in [3.8, 4) is 0 Å². The molecule has 11 nitrogen and oxygen atoms in total. The summed E-state index contributed by atoms with van der Waals surface area (Å²) in [6.07, 6.45) is 1.11. The molecule has 0 radical (unpaired) electrons. The van der Waals surface area contributed by atoms with E-state index in [0.29, 0.717) is 0 Å². The summed E-state index contributed by atoms with van der Waals surface area (Å²) in [6, 6.07) is 0. The monoisotopic (exact) mass is 327 g/mol. The zero-order valence-electron chi connectivity index (χ0n) is 13.2. The molecule has 0 aliphatic rings. The highest BCUT2D eigenvalue weighted by atomic mass is 16.6. The van der Waals surface area contributed by atoms with E-state index in [2.05, 4.69) is 19.4 Å². The molecule has 0 fully saturated rings. The number of esters is 2. The Kier molecular flexibility index (Phi) is 6.18. The van der Waals surface area contributed by atoms with Crippen LogP contribution in [0.4, 0.5) is 17.3 Å². The van der Waals surface area contributed by atoms with Crippen LogP contribution in [0.5, 0.6) is 0 Å². The van der Waals surface area contributed by atoms with Crippen LogP contribution in [0.2, 0.25) is 0 Å². The number of anilines is 2. The molecule has 1 rings (SSSR count). The predicted molar refractivity (Wildman–Crippen MR) is 79.3 cm³/mol. The summed E-state index contributed by atoms with van der Waals surface area (Å²) in [5.74, 6) is -1.29. The number of likely N-dealkylation sites (N-methyl/N-ethyl adjacent to an activating group) is 2. The first-order chi connectivity index (χ1) is 10.8. The van der Waals surface area contributed by atoms with Crippen molar-refractivity contribution in [3.63, 3.8) is 0 Å². The maximum atomic E-state index is 11.4. The molecule has 0 unspecified atom stereocenters. The fraction of sp³-hybridized carbons (Fsp3) is 0.500. The number of methoxy groups -OCH3 is 2. The smallest absolute Gasteiger partial charge is 0.353 e. The van der Waals surface area contributed by atoms with Gasteiger partial charge in [-0.3, -0.25) is 19.7 Å². The highest BCUT2D eigenvalue weighted by Crippen LogP contribution is 2.32. The lowest BCUT2D eigenvalue weighted by Crippen LogP contribution is -2.30. The van der Waals surface area contributed by atoms with E-state index in [-0.39, 0.29) is 24.7 Å². The van der Waals surface area contributed by atoms with Gasteiger partial charge in [-0.1, -0.05) is 0 Å². The van der Waals surface area contributed by atoms with Gasteiger partial charge >= 0.3 is 17.6 Å². The van der Waals surface area contributed by atoms with Crippen LogP contribution in [0, 0.1) is 10.1 Å². The number of carbonyl (C=O) groups excluding carboxylic acids is 2. The molecule has 0 bridgehead atoms. The van der Waals surface area contributed by atoms with Gasteiger partial charge in [0.15, 0.2) is 0 Å². The zero-order valence-corrected chi connectivity index (χ0v) is 13.2. The van der Waals surface area contributed by atoms with Crippen molar-refractivity contribution in [2.24, 2.45) is 0 Å². The third kappa shape index (κ3) is 4.49. The SMILES string of the molecule is COC(=O)CN(C)c1ncnc(N(C)CC(=O)OC)c1[N+](=O)[O-]. The first-order valence-electron chi connectivity index (χ1n) is 6.37. The summed E-state index contributed by atoms with van der Waals surface area (Å²) in [7, 11) is 5.33. The first kappa shape index (κ1) is 18.1. The molecule has 0 saturated carbocycles. The molecule has 0 spiro atoms. The molecule has 0 amide bonds. The lowest BCUT2D eigenvalue weighted by atomic mass is 10.3. The Labute approximate surface area is 132 Å². The second-order valence-electron chi connectivity index (χ2n) is 4.49. The number of aromatic nitrogens is 2. The van der Waals surface area contributed by atoms with Gasteiger partial charge in [-0.2, -0.15) is 0 Å². The fourth-order valence-corrected chi connectivity index (χ4v) is 1.75. The van der Waals surface area contributed by atoms with Crippen LogP contribution in [-0.2, 0) is 19.1 Å². The van der Waals surface area contributed by atoms with Gasteiger partial charge in [-0.05, 0) is 0 Å². The molecule has 0 atom stereocenters. The standard InChI is InChI=1S/C12H17N5O6/c1-15(5-8(18)22-3)11-10(17(20)21)12(14-7-13-11)16(2)6-9(19)23-4/h7H,5-6H2,1-4H3. The summed E-state index contributed by atoms with van der Waals surface area (Å²) in [6.45, 7) is -0.455. The minimum absolute atomic E-state index is 0.0675. The van der Waals surface area contributed by atoms with E-state index >= 15 is 0 Å². The molecular formula is C12H17N5O6. The third-order valence-electron chi connectivity index (χ3n) is 2.88. The molecular weight excluding hydrogens is 310 g/mol. The van der Waals surface area contributed by atoms with Gasteiger partial charge in [0.25, 0.3) is 0 Å². The Hall–Kier alpha value is -2.98. The van der Waals surface area contributed by atoms with Gasteiger partial charge in [-0.25, -0.2) is 9.97 Å². The van der Waals surface area contributed by atoms with E-state index in [0.717, 1.165) is 6.33 Å². The van der Waals surface area contributed by atoms with E-state index in [1.807, 2.05) is 0 Å². The van der Waals surface area contributed by atoms with E-state index < -0.39 is 22.5 Å². The van der Waals surface area contributed by atoms with Crippen LogP contribution in [0.3, 0.4) is 0 Å². The van der Waals surface area contributed by atoms with Gasteiger partial charge in [0.05, 0.1) is 19.1 Å². The van der Waals surface area contributed by atoms with E-state index in [1.54, 1.807) is 0 Å². The van der Waals surface area contributed by atoms with Crippen molar-refractivity contribution in [2.75, 3.05) is 51.2 Å². The van der Waals surface area contributed by atoms with Crippen molar-refractivity contribution in [1.82, 2.24) is 9.97 Å². The Morgan fingerprint density at radius 3 is 1.78 bits per heavy atom. The molecule has 11 heteroatoms. The minimum atomic E-state index is -0.674. The molecule has 0 aliphatic carbocycles. The maximum absolute atomic E-state index is 11.4. The number of hydrogen-bond acceptors (Lipinski definition) is 10. The van der Waals surface area contributed by atoms with Gasteiger partial charge in [0, 0.05) is 14.1 Å². The first-order valence-corrected chi connectivity index (χ1v) is 6.37. The number of hydrogen-bond donors (Lipinski definition) is 0. The largest absolute Gasteiger partial charge is 0.468 e. The van der Waals surface area contributed by atoms with Gasteiger partial charge in [0.1, 0.15) is 19.4 Å². The normalized spacial score (nSPS) is 9.91. The number of carbonyl (C=O) groups is 2. The van der Waals surface area contributed by atoms with Crippen LogP contribution in [0.25, 0.3) is 0 Å². The highest BCUT2D eigenvalue weighted by Gasteiger charge is 2.29. The lowest BCUT2D eigenvalue weighted by Gasteiger charge is -2.20. The molecule has 0 N–H and O–H groups in total. The molecule has 0 saturated heterocycles. The number of nitro groups is 1. The van der Waals surface area contributed by atoms with Gasteiger partial charge in [-0.15, -0.1) is 0 Å². The van der Waals surface area contributed by atoms with E-state index in [1.165, 1.54) is 38.1 Å². The molecule has 126 valence electrons.